The van der Waals surface area contributed by atoms with Gasteiger partial charge in [0.25, 0.3) is 0 Å². The second-order valence-electron chi connectivity index (χ2n) is 6.81. The summed E-state index contributed by atoms with van der Waals surface area (Å²) < 4.78 is 16.3. The zero-order valence-corrected chi connectivity index (χ0v) is 17.6. The van der Waals surface area contributed by atoms with Crippen molar-refractivity contribution < 1.29 is 23.8 Å². The highest BCUT2D eigenvalue weighted by Gasteiger charge is 2.19. The Morgan fingerprint density at radius 1 is 1.13 bits per heavy atom. The number of hydrogen-bond donors (Lipinski definition) is 2. The summed E-state index contributed by atoms with van der Waals surface area (Å²) in [6.45, 7) is 2.75. The molecular formula is C22H21N3O5S. The molecule has 0 bridgehead atoms. The van der Waals surface area contributed by atoms with Crippen LogP contribution in [0.2, 0.25) is 0 Å². The maximum absolute atomic E-state index is 12.4. The van der Waals surface area contributed by atoms with Crippen LogP contribution in [0.1, 0.15) is 12.5 Å². The molecule has 2 aromatic carbocycles. The first-order valence-electron chi connectivity index (χ1n) is 9.72. The van der Waals surface area contributed by atoms with Crippen molar-refractivity contribution in [3.8, 4) is 22.8 Å². The molecule has 31 heavy (non-hydrogen) atoms. The van der Waals surface area contributed by atoms with Gasteiger partial charge in [0, 0.05) is 10.9 Å². The molecule has 1 aliphatic heterocycles. The molecule has 2 heterocycles. The zero-order valence-electron chi connectivity index (χ0n) is 16.8. The molecule has 0 saturated carbocycles. The van der Waals surface area contributed by atoms with E-state index in [0.717, 1.165) is 11.1 Å². The van der Waals surface area contributed by atoms with E-state index in [-0.39, 0.29) is 12.5 Å². The van der Waals surface area contributed by atoms with Crippen LogP contribution in [0.5, 0.6) is 11.5 Å². The highest BCUT2D eigenvalue weighted by atomic mass is 32.1. The van der Waals surface area contributed by atoms with Crippen LogP contribution in [0.15, 0.2) is 53.9 Å². The number of nitrogens with one attached hydrogen (secondary N) is 2. The third kappa shape index (κ3) is 5.32. The standard InChI is InChI=1S/C22H21N3O5S/c1-14(23-22(27)30-12-15-5-3-2-4-6-15)20(26)25-21-24-17(13-31-21)16-7-8-18-19(11-16)29-10-9-28-18/h2-8,11,13-14H,9-10,12H2,1H3,(H,23,27)(H,24,25,26)/t14-/m0/s1. The van der Waals surface area contributed by atoms with Crippen molar-refractivity contribution in [3.63, 3.8) is 0 Å². The number of amides is 2. The zero-order chi connectivity index (χ0) is 21.6. The van der Waals surface area contributed by atoms with E-state index < -0.39 is 12.1 Å². The molecule has 0 aliphatic carbocycles. The highest BCUT2D eigenvalue weighted by Crippen LogP contribution is 2.35. The van der Waals surface area contributed by atoms with E-state index in [1.165, 1.54) is 11.3 Å². The number of nitrogens with zero attached hydrogens (tertiary/aromatic N) is 1. The van der Waals surface area contributed by atoms with Gasteiger partial charge in [0.05, 0.1) is 5.69 Å². The molecule has 2 amide bonds. The van der Waals surface area contributed by atoms with E-state index in [0.29, 0.717) is 35.5 Å². The van der Waals surface area contributed by atoms with E-state index in [4.69, 9.17) is 14.2 Å². The SMILES string of the molecule is C[C@H](NC(=O)OCc1ccccc1)C(=O)Nc1nc(-c2ccc3c(c2)OCCO3)cs1. The third-order valence-electron chi connectivity index (χ3n) is 4.51. The Bertz CT molecular complexity index is 1070. The minimum absolute atomic E-state index is 0.131. The number of hydrogen-bond acceptors (Lipinski definition) is 7. The van der Waals surface area contributed by atoms with Crippen molar-refractivity contribution in [2.75, 3.05) is 18.5 Å². The van der Waals surface area contributed by atoms with Crippen LogP contribution < -0.4 is 20.1 Å². The van der Waals surface area contributed by atoms with Gasteiger partial charge in [-0.15, -0.1) is 11.3 Å². The molecule has 1 aromatic heterocycles. The molecule has 0 saturated heterocycles. The first-order chi connectivity index (χ1) is 15.1. The summed E-state index contributed by atoms with van der Waals surface area (Å²) in [4.78, 5) is 28.8. The number of carbonyl (C=O) groups excluding carboxylic acids is 2. The molecule has 160 valence electrons. The Balaban J connectivity index is 1.30. The lowest BCUT2D eigenvalue weighted by atomic mass is 10.1. The maximum atomic E-state index is 12.4. The summed E-state index contributed by atoms with van der Waals surface area (Å²) in [6.07, 6.45) is -0.664. The Morgan fingerprint density at radius 2 is 1.90 bits per heavy atom. The summed E-state index contributed by atoms with van der Waals surface area (Å²) in [5.74, 6) is 0.992. The summed E-state index contributed by atoms with van der Waals surface area (Å²) in [7, 11) is 0. The van der Waals surface area contributed by atoms with Crippen LogP contribution in [0.25, 0.3) is 11.3 Å². The molecule has 0 spiro atoms. The average molecular weight is 439 g/mol. The van der Waals surface area contributed by atoms with E-state index >= 15 is 0 Å². The summed E-state index contributed by atoms with van der Waals surface area (Å²) in [5.41, 5.74) is 2.43. The van der Waals surface area contributed by atoms with Crippen LogP contribution >= 0.6 is 11.3 Å². The fourth-order valence-electron chi connectivity index (χ4n) is 2.89. The Kier molecular flexibility index (Phi) is 6.32. The van der Waals surface area contributed by atoms with Gasteiger partial charge in [-0.2, -0.15) is 0 Å². The largest absolute Gasteiger partial charge is 0.486 e. The molecule has 4 rings (SSSR count). The molecule has 0 unspecified atom stereocenters. The fraction of sp³-hybridized carbons (Fsp3) is 0.227. The molecule has 1 atom stereocenters. The van der Waals surface area contributed by atoms with Gasteiger partial charge in [-0.25, -0.2) is 9.78 Å². The first kappa shape index (κ1) is 20.7. The topological polar surface area (TPSA) is 98.8 Å². The first-order valence-corrected chi connectivity index (χ1v) is 10.6. The van der Waals surface area contributed by atoms with E-state index in [2.05, 4.69) is 15.6 Å². The average Bonchev–Trinajstić information content (AvgIpc) is 3.26. The normalized spacial score (nSPS) is 13.2. The van der Waals surface area contributed by atoms with Crippen LogP contribution in [-0.4, -0.2) is 36.2 Å². The molecule has 3 aromatic rings. The lowest BCUT2D eigenvalue weighted by Gasteiger charge is -2.18. The minimum atomic E-state index is -0.787. The number of thiazole rings is 1. The Morgan fingerprint density at radius 3 is 2.71 bits per heavy atom. The van der Waals surface area contributed by atoms with Gasteiger partial charge < -0.3 is 24.8 Å². The number of ether oxygens (including phenoxy) is 3. The quantitative estimate of drug-likeness (QED) is 0.606. The Labute approximate surface area is 183 Å². The number of alkyl carbamates (subject to hydrolysis) is 1. The van der Waals surface area contributed by atoms with E-state index in [1.807, 2.05) is 53.9 Å². The van der Waals surface area contributed by atoms with Crippen LogP contribution in [-0.2, 0) is 16.1 Å². The summed E-state index contributed by atoms with van der Waals surface area (Å²) in [5, 5.41) is 7.50. The van der Waals surface area contributed by atoms with Crippen molar-refractivity contribution in [2.24, 2.45) is 0 Å². The number of anilines is 1. The molecule has 8 nitrogen and oxygen atoms in total. The van der Waals surface area contributed by atoms with Gasteiger partial charge in [-0.05, 0) is 30.7 Å². The number of benzene rings is 2. The van der Waals surface area contributed by atoms with Gasteiger partial charge >= 0.3 is 6.09 Å². The smallest absolute Gasteiger partial charge is 0.408 e. The van der Waals surface area contributed by atoms with E-state index in [9.17, 15) is 9.59 Å². The summed E-state index contributed by atoms with van der Waals surface area (Å²) >= 11 is 1.29. The molecule has 2 N–H and O–H groups in total. The number of rotatable bonds is 6. The molecule has 0 fully saturated rings. The number of aromatic nitrogens is 1. The predicted octanol–water partition coefficient (Wildman–Crippen LogP) is 3.83. The van der Waals surface area contributed by atoms with Gasteiger partial charge in [-0.1, -0.05) is 30.3 Å². The second kappa shape index (κ2) is 9.48. The van der Waals surface area contributed by atoms with Crippen molar-refractivity contribution in [1.29, 1.82) is 0 Å². The lowest BCUT2D eigenvalue weighted by molar-refractivity contribution is -0.117. The van der Waals surface area contributed by atoms with Crippen LogP contribution in [0.4, 0.5) is 9.93 Å². The molecule has 9 heteroatoms. The van der Waals surface area contributed by atoms with Crippen LogP contribution in [0.3, 0.4) is 0 Å². The van der Waals surface area contributed by atoms with Gasteiger partial charge in [-0.3, -0.25) is 4.79 Å². The van der Waals surface area contributed by atoms with Crippen molar-refractivity contribution in [2.45, 2.75) is 19.6 Å². The highest BCUT2D eigenvalue weighted by molar-refractivity contribution is 7.14. The van der Waals surface area contributed by atoms with Crippen LogP contribution in [0, 0.1) is 0 Å². The van der Waals surface area contributed by atoms with Gasteiger partial charge in [0.15, 0.2) is 16.6 Å². The minimum Gasteiger partial charge on any atom is -0.486 e. The van der Waals surface area contributed by atoms with E-state index in [1.54, 1.807) is 6.92 Å². The second-order valence-corrected chi connectivity index (χ2v) is 7.67. The molecule has 1 aliphatic rings. The van der Waals surface area contributed by atoms with Crippen molar-refractivity contribution in [3.05, 3.63) is 59.5 Å². The van der Waals surface area contributed by atoms with Crippen molar-refractivity contribution in [1.82, 2.24) is 10.3 Å². The predicted molar refractivity (Wildman–Crippen MR) is 116 cm³/mol. The van der Waals surface area contributed by atoms with Crippen molar-refractivity contribution >= 4 is 28.5 Å². The summed E-state index contributed by atoms with van der Waals surface area (Å²) in [6, 6.07) is 14.1. The lowest BCUT2D eigenvalue weighted by Crippen LogP contribution is -2.41. The van der Waals surface area contributed by atoms with Gasteiger partial charge in [0.1, 0.15) is 25.9 Å². The molecule has 0 radical (unpaired) electrons. The Hall–Kier alpha value is -3.59. The number of carbonyl (C=O) groups is 2. The monoisotopic (exact) mass is 439 g/mol. The third-order valence-corrected chi connectivity index (χ3v) is 5.27. The fourth-order valence-corrected chi connectivity index (χ4v) is 3.61. The van der Waals surface area contributed by atoms with Gasteiger partial charge in [0.2, 0.25) is 5.91 Å². The maximum Gasteiger partial charge on any atom is 0.408 e. The number of fused-ring (bicyclic) bond motifs is 1. The molecular weight excluding hydrogens is 418 g/mol.